The van der Waals surface area contributed by atoms with Gasteiger partial charge in [-0.1, -0.05) is 91.0 Å². The van der Waals surface area contributed by atoms with Gasteiger partial charge in [-0.25, -0.2) is 0 Å². The highest BCUT2D eigenvalue weighted by molar-refractivity contribution is 5.89. The van der Waals surface area contributed by atoms with Crippen molar-refractivity contribution in [2.75, 3.05) is 32.7 Å². The summed E-state index contributed by atoms with van der Waals surface area (Å²) in [6.45, 7) is 1.98. The van der Waals surface area contributed by atoms with Gasteiger partial charge in [-0.05, 0) is 52.9 Å². The summed E-state index contributed by atoms with van der Waals surface area (Å²) < 4.78 is 0. The van der Waals surface area contributed by atoms with Gasteiger partial charge < -0.3 is 35.4 Å². The Balaban J connectivity index is 1.01. The molecule has 1 aliphatic heterocycles. The number of carboxylic acid groups (broad SMARTS) is 1. The molecule has 1 atom stereocenters. The minimum atomic E-state index is -1.09. The molecule has 4 aromatic carbocycles. The lowest BCUT2D eigenvalue weighted by Crippen LogP contribution is -2.65. The van der Waals surface area contributed by atoms with E-state index in [1.165, 1.54) is 12.1 Å². The van der Waals surface area contributed by atoms with E-state index >= 15 is 0 Å². The quantitative estimate of drug-likeness (QED) is 0.103. The Hall–Kier alpha value is -5.78. The van der Waals surface area contributed by atoms with Crippen molar-refractivity contribution in [3.05, 3.63) is 147 Å². The molecule has 0 radical (unpaired) electrons. The molecular weight excluding hydrogens is 660 g/mol. The van der Waals surface area contributed by atoms with Crippen molar-refractivity contribution in [3.63, 3.8) is 0 Å². The fourth-order valence-corrected chi connectivity index (χ4v) is 6.72. The average molecular weight is 703 g/mol. The number of benzene rings is 4. The summed E-state index contributed by atoms with van der Waals surface area (Å²) in [4.78, 5) is 56.5. The number of aromatic amines is 1. The van der Waals surface area contributed by atoms with Crippen LogP contribution in [0.15, 0.2) is 114 Å². The Morgan fingerprint density at radius 2 is 1.48 bits per heavy atom. The Morgan fingerprint density at radius 3 is 2.15 bits per heavy atom. The second kappa shape index (κ2) is 16.1. The Bertz CT molecular complexity index is 2080. The number of aromatic hydroxyl groups is 1. The minimum Gasteiger partial charge on any atom is -0.506 e. The molecule has 0 saturated carbocycles. The number of aromatic nitrogens is 1. The fourth-order valence-electron chi connectivity index (χ4n) is 6.72. The van der Waals surface area contributed by atoms with Gasteiger partial charge in [-0.3, -0.25) is 19.2 Å². The highest BCUT2D eigenvalue weighted by Gasteiger charge is 2.52. The zero-order valence-electron chi connectivity index (χ0n) is 28.7. The molecule has 11 heteroatoms. The van der Waals surface area contributed by atoms with E-state index < -0.39 is 17.5 Å². The van der Waals surface area contributed by atoms with E-state index in [9.17, 15) is 34.5 Å². The predicted octanol–water partition coefficient (Wildman–Crippen LogP) is 3.93. The van der Waals surface area contributed by atoms with Crippen LogP contribution in [0, 0.1) is 0 Å². The monoisotopic (exact) mass is 702 g/mol. The third-order valence-corrected chi connectivity index (χ3v) is 9.70. The van der Waals surface area contributed by atoms with Crippen molar-refractivity contribution in [2.45, 2.75) is 37.3 Å². The molecule has 1 aliphatic rings. The standard InChI is InChI=1S/C41H42N4O7/c46-34-18-16-32(33-17-19-36(48)43-39(33)34)35(47)24-42-20-7-21-44(25-30-8-3-1-4-9-30)37(49)22-28-12-14-29(15-13-28)23-38(50)45-26-41(27-45,40(51)52)31-10-5-2-6-11-31/h1-6,8-19,35,42,46-47H,7,20-27H2,(H,43,48)(H,51,52)/t35-/m0/s1. The summed E-state index contributed by atoms with van der Waals surface area (Å²) in [6.07, 6.45) is 0.0871. The number of phenols is 1. The first kappa shape index (κ1) is 36.0. The van der Waals surface area contributed by atoms with Gasteiger partial charge >= 0.3 is 5.97 Å². The number of amides is 2. The van der Waals surface area contributed by atoms with Crippen molar-refractivity contribution in [1.82, 2.24) is 20.1 Å². The van der Waals surface area contributed by atoms with Gasteiger partial charge in [-0.15, -0.1) is 0 Å². The van der Waals surface area contributed by atoms with Crippen LogP contribution in [0.1, 0.15) is 40.3 Å². The van der Waals surface area contributed by atoms with E-state index in [1.807, 2.05) is 65.6 Å². The maximum atomic E-state index is 13.6. The largest absolute Gasteiger partial charge is 0.506 e. The first-order valence-electron chi connectivity index (χ1n) is 17.3. The number of hydrogen-bond donors (Lipinski definition) is 5. The number of phenolic OH excluding ortho intramolecular Hbond substituents is 1. The number of aliphatic carboxylic acids is 1. The summed E-state index contributed by atoms with van der Waals surface area (Å²) in [5.41, 5.74) is 2.74. The van der Waals surface area contributed by atoms with Gasteiger partial charge in [-0.2, -0.15) is 0 Å². The molecule has 5 aromatic rings. The Labute approximate surface area is 301 Å². The maximum Gasteiger partial charge on any atom is 0.317 e. The number of hydrogen-bond acceptors (Lipinski definition) is 7. The molecule has 2 heterocycles. The number of aliphatic hydroxyl groups is 1. The molecule has 5 N–H and O–H groups in total. The van der Waals surface area contributed by atoms with Crippen LogP contribution in [0.25, 0.3) is 10.9 Å². The molecule has 0 bridgehead atoms. The molecule has 1 aromatic heterocycles. The Kier molecular flexibility index (Phi) is 11.1. The number of H-pyrrole nitrogens is 1. The normalized spacial score (nSPS) is 14.1. The summed E-state index contributed by atoms with van der Waals surface area (Å²) in [5, 5.41) is 34.8. The van der Waals surface area contributed by atoms with Crippen LogP contribution in [0.5, 0.6) is 5.75 Å². The van der Waals surface area contributed by atoms with Crippen LogP contribution in [0.2, 0.25) is 0 Å². The highest BCUT2D eigenvalue weighted by atomic mass is 16.4. The van der Waals surface area contributed by atoms with E-state index in [0.717, 1.165) is 16.7 Å². The zero-order valence-corrected chi connectivity index (χ0v) is 28.7. The fraction of sp³-hybridized carbons (Fsp3) is 0.268. The van der Waals surface area contributed by atoms with E-state index in [4.69, 9.17) is 0 Å². The number of pyridine rings is 1. The van der Waals surface area contributed by atoms with Crippen LogP contribution in [0.4, 0.5) is 0 Å². The van der Waals surface area contributed by atoms with E-state index in [0.29, 0.717) is 42.6 Å². The molecule has 0 aliphatic carbocycles. The highest BCUT2D eigenvalue weighted by Crippen LogP contribution is 2.35. The van der Waals surface area contributed by atoms with E-state index in [1.54, 1.807) is 41.3 Å². The molecule has 1 saturated heterocycles. The number of nitrogens with zero attached hydrogens (tertiary/aromatic N) is 2. The number of aliphatic hydroxyl groups excluding tert-OH is 1. The number of carbonyl (C=O) groups excluding carboxylic acids is 2. The minimum absolute atomic E-state index is 0.0382. The SMILES string of the molecule is O=C(Cc1ccc(CC(=O)N2CC(C(=O)O)(c3ccccc3)C2)cc1)N(CCCNC[C@H](O)c1ccc(O)c2[nH]c(=O)ccc12)Cc1ccccc1. The zero-order chi connectivity index (χ0) is 36.7. The van der Waals surface area contributed by atoms with Gasteiger partial charge in [0, 0.05) is 44.2 Å². The summed E-state index contributed by atoms with van der Waals surface area (Å²) in [6, 6.07) is 32.2. The van der Waals surface area contributed by atoms with Crippen LogP contribution in [-0.4, -0.2) is 80.6 Å². The van der Waals surface area contributed by atoms with Crippen molar-refractivity contribution < 1.29 is 29.7 Å². The molecule has 11 nitrogen and oxygen atoms in total. The summed E-state index contributed by atoms with van der Waals surface area (Å²) >= 11 is 0. The molecule has 268 valence electrons. The maximum absolute atomic E-state index is 13.6. The van der Waals surface area contributed by atoms with Crippen molar-refractivity contribution in [1.29, 1.82) is 0 Å². The van der Waals surface area contributed by atoms with Crippen LogP contribution >= 0.6 is 0 Å². The number of likely N-dealkylation sites (tertiary alicyclic amines) is 1. The molecule has 1 fully saturated rings. The van der Waals surface area contributed by atoms with E-state index in [-0.39, 0.29) is 61.1 Å². The number of carboxylic acids is 1. The number of rotatable bonds is 15. The van der Waals surface area contributed by atoms with Crippen molar-refractivity contribution in [3.8, 4) is 5.75 Å². The Morgan fingerprint density at radius 1 is 0.827 bits per heavy atom. The molecule has 6 rings (SSSR count). The predicted molar refractivity (Wildman–Crippen MR) is 197 cm³/mol. The first-order chi connectivity index (χ1) is 25.1. The molecule has 52 heavy (non-hydrogen) atoms. The summed E-state index contributed by atoms with van der Waals surface area (Å²) in [7, 11) is 0. The van der Waals surface area contributed by atoms with Gasteiger partial charge in [0.15, 0.2) is 0 Å². The topological polar surface area (TPSA) is 163 Å². The van der Waals surface area contributed by atoms with Gasteiger partial charge in [0.1, 0.15) is 11.2 Å². The lowest BCUT2D eigenvalue weighted by atomic mass is 9.73. The van der Waals surface area contributed by atoms with Crippen molar-refractivity contribution in [2.24, 2.45) is 0 Å². The lowest BCUT2D eigenvalue weighted by molar-refractivity contribution is -0.156. The van der Waals surface area contributed by atoms with Crippen molar-refractivity contribution >= 4 is 28.7 Å². The van der Waals surface area contributed by atoms with Gasteiger partial charge in [0.25, 0.3) is 0 Å². The van der Waals surface area contributed by atoms with Crippen LogP contribution in [0.3, 0.4) is 0 Å². The number of carbonyl (C=O) groups is 3. The third kappa shape index (κ3) is 8.22. The van der Waals surface area contributed by atoms with Crippen LogP contribution in [-0.2, 0) is 39.2 Å². The smallest absolute Gasteiger partial charge is 0.317 e. The summed E-state index contributed by atoms with van der Waals surface area (Å²) in [5.74, 6) is -1.18. The number of nitrogens with one attached hydrogen (secondary N) is 2. The first-order valence-corrected chi connectivity index (χ1v) is 17.3. The number of fused-ring (bicyclic) bond motifs is 1. The van der Waals surface area contributed by atoms with Gasteiger partial charge in [0.2, 0.25) is 17.4 Å². The average Bonchev–Trinajstić information content (AvgIpc) is 3.12. The molecule has 0 spiro atoms. The molecule has 0 unspecified atom stereocenters. The molecule has 2 amide bonds. The second-order valence-corrected chi connectivity index (χ2v) is 13.3. The van der Waals surface area contributed by atoms with E-state index in [2.05, 4.69) is 10.3 Å². The lowest BCUT2D eigenvalue weighted by Gasteiger charge is -2.47. The second-order valence-electron chi connectivity index (χ2n) is 13.3. The molecular formula is C41H42N4O7. The van der Waals surface area contributed by atoms with Gasteiger partial charge in [0.05, 0.1) is 24.5 Å². The third-order valence-electron chi connectivity index (χ3n) is 9.70. The van der Waals surface area contributed by atoms with Crippen LogP contribution < -0.4 is 10.9 Å².